The van der Waals surface area contributed by atoms with Crippen LogP contribution in [0.3, 0.4) is 0 Å². The van der Waals surface area contributed by atoms with Gasteiger partial charge in [0.05, 0.1) is 17.9 Å². The van der Waals surface area contributed by atoms with Crippen LogP contribution in [0.4, 0.5) is 11.4 Å². The van der Waals surface area contributed by atoms with Gasteiger partial charge in [0.1, 0.15) is 0 Å². The summed E-state index contributed by atoms with van der Waals surface area (Å²) in [5.74, 6) is 0.0848. The molecule has 3 nitrogen and oxygen atoms in total. The van der Waals surface area contributed by atoms with Crippen LogP contribution < -0.4 is 10.2 Å². The lowest BCUT2D eigenvalue weighted by Crippen LogP contribution is -2.38. The molecule has 0 aromatic heterocycles. The molecule has 1 aromatic carbocycles. The molecule has 0 bridgehead atoms. The maximum atomic E-state index is 11.5. The summed E-state index contributed by atoms with van der Waals surface area (Å²) >= 11 is 0. The van der Waals surface area contributed by atoms with Gasteiger partial charge in [-0.1, -0.05) is 13.0 Å². The van der Waals surface area contributed by atoms with Gasteiger partial charge in [-0.15, -0.1) is 0 Å². The molecule has 0 saturated heterocycles. The van der Waals surface area contributed by atoms with Gasteiger partial charge in [0.15, 0.2) is 0 Å². The minimum atomic E-state index is 0.0848. The van der Waals surface area contributed by atoms with Gasteiger partial charge >= 0.3 is 0 Å². The molecule has 0 spiro atoms. The Balaban J connectivity index is 2.37. The normalized spacial score (nSPS) is 14.8. The SMILES string of the molecule is CCCN1CC(=O)Nc2cc(C)ccc21. The van der Waals surface area contributed by atoms with Crippen LogP contribution in [-0.4, -0.2) is 19.0 Å². The highest BCUT2D eigenvalue weighted by Gasteiger charge is 2.20. The minimum absolute atomic E-state index is 0.0848. The quantitative estimate of drug-likeness (QED) is 0.800. The van der Waals surface area contributed by atoms with Crippen molar-refractivity contribution in [1.29, 1.82) is 0 Å². The largest absolute Gasteiger partial charge is 0.361 e. The van der Waals surface area contributed by atoms with E-state index in [2.05, 4.69) is 29.3 Å². The summed E-state index contributed by atoms with van der Waals surface area (Å²) in [5.41, 5.74) is 3.26. The van der Waals surface area contributed by atoms with Crippen LogP contribution in [0.25, 0.3) is 0 Å². The van der Waals surface area contributed by atoms with E-state index in [1.165, 1.54) is 5.56 Å². The summed E-state index contributed by atoms with van der Waals surface area (Å²) in [6, 6.07) is 6.19. The summed E-state index contributed by atoms with van der Waals surface area (Å²) in [7, 11) is 0. The second-order valence-electron chi connectivity index (χ2n) is 3.99. The molecule has 80 valence electrons. The van der Waals surface area contributed by atoms with Gasteiger partial charge in [0, 0.05) is 6.54 Å². The summed E-state index contributed by atoms with van der Waals surface area (Å²) in [6.45, 7) is 5.57. The molecule has 0 atom stereocenters. The Labute approximate surface area is 90.1 Å². The molecule has 1 aliphatic rings. The zero-order valence-corrected chi connectivity index (χ0v) is 9.21. The Kier molecular flexibility index (Phi) is 2.62. The Morgan fingerprint density at radius 2 is 2.27 bits per heavy atom. The van der Waals surface area contributed by atoms with Gasteiger partial charge in [-0.2, -0.15) is 0 Å². The van der Waals surface area contributed by atoms with Crippen molar-refractivity contribution in [2.24, 2.45) is 0 Å². The first-order valence-corrected chi connectivity index (χ1v) is 5.36. The van der Waals surface area contributed by atoms with Gasteiger partial charge in [-0.3, -0.25) is 4.79 Å². The number of fused-ring (bicyclic) bond motifs is 1. The molecule has 1 aromatic rings. The summed E-state index contributed by atoms with van der Waals surface area (Å²) < 4.78 is 0. The fraction of sp³-hybridized carbons (Fsp3) is 0.417. The molecule has 0 fully saturated rings. The predicted molar refractivity (Wildman–Crippen MR) is 62.3 cm³/mol. The van der Waals surface area contributed by atoms with Crippen molar-refractivity contribution in [2.45, 2.75) is 20.3 Å². The molecule has 1 heterocycles. The highest BCUT2D eigenvalue weighted by molar-refractivity contribution is 6.01. The number of nitrogens with one attached hydrogen (secondary N) is 1. The van der Waals surface area contributed by atoms with Crippen molar-refractivity contribution in [3.8, 4) is 0 Å². The van der Waals surface area contributed by atoms with Crippen LogP contribution in [0.1, 0.15) is 18.9 Å². The second-order valence-corrected chi connectivity index (χ2v) is 3.99. The van der Waals surface area contributed by atoms with E-state index in [0.29, 0.717) is 6.54 Å². The average Bonchev–Trinajstić information content (AvgIpc) is 2.17. The van der Waals surface area contributed by atoms with Gasteiger partial charge in [-0.05, 0) is 31.0 Å². The molecule has 1 aliphatic heterocycles. The molecular formula is C12H16N2O. The fourth-order valence-corrected chi connectivity index (χ4v) is 1.94. The van der Waals surface area contributed by atoms with Crippen molar-refractivity contribution >= 4 is 17.3 Å². The Bertz CT molecular complexity index is 387. The third-order valence-electron chi connectivity index (χ3n) is 2.59. The monoisotopic (exact) mass is 204 g/mol. The Hall–Kier alpha value is -1.51. The number of carbonyl (C=O) groups is 1. The maximum absolute atomic E-state index is 11.5. The van der Waals surface area contributed by atoms with Crippen LogP contribution in [0.5, 0.6) is 0 Å². The average molecular weight is 204 g/mol. The number of amides is 1. The van der Waals surface area contributed by atoms with Crippen LogP contribution in [0.2, 0.25) is 0 Å². The molecule has 0 unspecified atom stereocenters. The smallest absolute Gasteiger partial charge is 0.243 e. The summed E-state index contributed by atoms with van der Waals surface area (Å²) in [6.07, 6.45) is 1.06. The van der Waals surface area contributed by atoms with Gasteiger partial charge in [-0.25, -0.2) is 0 Å². The third-order valence-corrected chi connectivity index (χ3v) is 2.59. The molecule has 0 aliphatic carbocycles. The van der Waals surface area contributed by atoms with Gasteiger partial charge < -0.3 is 10.2 Å². The van der Waals surface area contributed by atoms with Crippen LogP contribution in [0, 0.1) is 6.92 Å². The van der Waals surface area contributed by atoms with E-state index in [9.17, 15) is 4.79 Å². The highest BCUT2D eigenvalue weighted by atomic mass is 16.2. The lowest BCUT2D eigenvalue weighted by atomic mass is 10.1. The lowest BCUT2D eigenvalue weighted by molar-refractivity contribution is -0.115. The number of hydrogen-bond donors (Lipinski definition) is 1. The van der Waals surface area contributed by atoms with E-state index >= 15 is 0 Å². The zero-order chi connectivity index (χ0) is 10.8. The van der Waals surface area contributed by atoms with E-state index in [4.69, 9.17) is 0 Å². The number of hydrogen-bond acceptors (Lipinski definition) is 2. The van der Waals surface area contributed by atoms with Crippen molar-refractivity contribution in [2.75, 3.05) is 23.3 Å². The standard InChI is InChI=1S/C12H16N2O/c1-3-6-14-8-12(15)13-10-7-9(2)4-5-11(10)14/h4-5,7H,3,6,8H2,1-2H3,(H,13,15). The molecule has 0 radical (unpaired) electrons. The predicted octanol–water partition coefficient (Wildman–Crippen LogP) is 2.16. The fourth-order valence-electron chi connectivity index (χ4n) is 1.94. The summed E-state index contributed by atoms with van der Waals surface area (Å²) in [5, 5.41) is 2.91. The molecule has 1 amide bonds. The lowest BCUT2D eigenvalue weighted by Gasteiger charge is -2.30. The number of benzene rings is 1. The van der Waals surface area contributed by atoms with Crippen molar-refractivity contribution < 1.29 is 4.79 Å². The van der Waals surface area contributed by atoms with E-state index in [1.54, 1.807) is 0 Å². The van der Waals surface area contributed by atoms with Crippen molar-refractivity contribution in [3.05, 3.63) is 23.8 Å². The molecule has 0 saturated carbocycles. The number of rotatable bonds is 2. The topological polar surface area (TPSA) is 32.3 Å². The summed E-state index contributed by atoms with van der Waals surface area (Å²) in [4.78, 5) is 13.6. The van der Waals surface area contributed by atoms with Crippen LogP contribution in [0.15, 0.2) is 18.2 Å². The highest BCUT2D eigenvalue weighted by Crippen LogP contribution is 2.30. The van der Waals surface area contributed by atoms with E-state index < -0.39 is 0 Å². The number of anilines is 2. The van der Waals surface area contributed by atoms with Crippen molar-refractivity contribution in [1.82, 2.24) is 0 Å². The molecule has 15 heavy (non-hydrogen) atoms. The molecular weight excluding hydrogens is 188 g/mol. The molecule has 3 heteroatoms. The number of nitrogens with zero attached hydrogens (tertiary/aromatic N) is 1. The molecule has 1 N–H and O–H groups in total. The zero-order valence-electron chi connectivity index (χ0n) is 9.21. The van der Waals surface area contributed by atoms with Gasteiger partial charge in [0.2, 0.25) is 5.91 Å². The Morgan fingerprint density at radius 1 is 1.47 bits per heavy atom. The van der Waals surface area contributed by atoms with Crippen LogP contribution >= 0.6 is 0 Å². The van der Waals surface area contributed by atoms with E-state index in [-0.39, 0.29) is 5.91 Å². The molecule has 2 rings (SSSR count). The maximum Gasteiger partial charge on any atom is 0.243 e. The third kappa shape index (κ3) is 1.96. The number of carbonyl (C=O) groups excluding carboxylic acids is 1. The Morgan fingerprint density at radius 3 is 3.00 bits per heavy atom. The minimum Gasteiger partial charge on any atom is -0.361 e. The van der Waals surface area contributed by atoms with Crippen molar-refractivity contribution in [3.63, 3.8) is 0 Å². The number of aryl methyl sites for hydroxylation is 1. The first-order valence-electron chi connectivity index (χ1n) is 5.36. The first-order chi connectivity index (χ1) is 7.20. The van der Waals surface area contributed by atoms with E-state index in [1.807, 2.05) is 13.0 Å². The second kappa shape index (κ2) is 3.93. The van der Waals surface area contributed by atoms with E-state index in [0.717, 1.165) is 24.3 Å². The first kappa shape index (κ1) is 10.0. The van der Waals surface area contributed by atoms with Gasteiger partial charge in [0.25, 0.3) is 0 Å². The van der Waals surface area contributed by atoms with Crippen LogP contribution in [-0.2, 0) is 4.79 Å².